The molecule has 2 heterocycles. The number of amides is 2. The minimum Gasteiger partial charge on any atom is -0.449 e. The molecule has 8 heteroatoms. The summed E-state index contributed by atoms with van der Waals surface area (Å²) in [6.45, 7) is 9.19. The second kappa shape index (κ2) is 11.4. The highest BCUT2D eigenvalue weighted by molar-refractivity contribution is 7.16. The Kier molecular flexibility index (Phi) is 8.40. The number of aliphatic imine (C=N–C) groups is 1. The molecule has 0 aromatic carbocycles. The van der Waals surface area contributed by atoms with E-state index in [1.165, 1.54) is 36.2 Å². The number of nitrogens with one attached hydrogen (secondary N) is 1. The van der Waals surface area contributed by atoms with Gasteiger partial charge in [0.15, 0.2) is 0 Å². The van der Waals surface area contributed by atoms with E-state index in [1.807, 2.05) is 0 Å². The molecule has 1 aliphatic carbocycles. The summed E-state index contributed by atoms with van der Waals surface area (Å²) >= 11 is 1.43. The lowest BCUT2D eigenvalue weighted by Crippen LogP contribution is -2.37. The number of carbonyl (C=O) groups is 2. The molecular formula is C24H28N4O3S. The summed E-state index contributed by atoms with van der Waals surface area (Å²) in [4.78, 5) is 31.3. The average molecular weight is 453 g/mol. The summed E-state index contributed by atoms with van der Waals surface area (Å²) in [5, 5.41) is 13.0. The first kappa shape index (κ1) is 23.5. The Labute approximate surface area is 192 Å². The van der Waals surface area contributed by atoms with Crippen molar-refractivity contribution in [3.63, 3.8) is 0 Å². The topological polar surface area (TPSA) is 94.8 Å². The van der Waals surface area contributed by atoms with Crippen LogP contribution in [0.25, 0.3) is 0 Å². The molecule has 7 nitrogen and oxygen atoms in total. The highest BCUT2D eigenvalue weighted by Gasteiger charge is 2.28. The molecule has 1 aromatic rings. The number of carbonyl (C=O) groups excluding carboxylic acids is 2. The highest BCUT2D eigenvalue weighted by Crippen LogP contribution is 2.39. The lowest BCUT2D eigenvalue weighted by molar-refractivity contribution is -0.111. The van der Waals surface area contributed by atoms with Gasteiger partial charge in [0.25, 0.3) is 0 Å². The number of hydrogen-bond acceptors (Lipinski definition) is 6. The predicted molar refractivity (Wildman–Crippen MR) is 127 cm³/mol. The van der Waals surface area contributed by atoms with Crippen molar-refractivity contribution in [1.82, 2.24) is 4.90 Å². The number of nitriles is 1. The fraction of sp³-hybridized carbons (Fsp3) is 0.417. The van der Waals surface area contributed by atoms with Crippen molar-refractivity contribution < 1.29 is 14.3 Å². The Morgan fingerprint density at radius 3 is 2.81 bits per heavy atom. The molecule has 1 unspecified atom stereocenters. The minimum absolute atomic E-state index is 0.220. The van der Waals surface area contributed by atoms with Gasteiger partial charge in [0.2, 0.25) is 5.91 Å². The first-order valence-electron chi connectivity index (χ1n) is 10.8. The Bertz CT molecular complexity index is 980. The van der Waals surface area contributed by atoms with Crippen LogP contribution >= 0.6 is 11.3 Å². The van der Waals surface area contributed by atoms with Gasteiger partial charge >= 0.3 is 6.09 Å². The van der Waals surface area contributed by atoms with Crippen molar-refractivity contribution in [2.24, 2.45) is 10.9 Å². The van der Waals surface area contributed by atoms with Crippen LogP contribution in [-0.2, 0) is 22.4 Å². The van der Waals surface area contributed by atoms with Crippen molar-refractivity contribution in [3.8, 4) is 6.07 Å². The number of nitrogens with zero attached hydrogens (tertiary/aromatic N) is 3. The molecule has 0 bridgehead atoms. The van der Waals surface area contributed by atoms with Crippen LogP contribution in [0, 0.1) is 17.2 Å². The Balaban J connectivity index is 1.58. The molecule has 3 rings (SSSR count). The third kappa shape index (κ3) is 6.17. The Morgan fingerprint density at radius 2 is 2.09 bits per heavy atom. The number of anilines is 1. The Morgan fingerprint density at radius 1 is 1.31 bits per heavy atom. The number of thiophene rings is 1. The van der Waals surface area contributed by atoms with Crippen LogP contribution in [0.15, 0.2) is 42.1 Å². The van der Waals surface area contributed by atoms with Gasteiger partial charge in [0, 0.05) is 36.5 Å². The normalized spacial score (nSPS) is 18.2. The van der Waals surface area contributed by atoms with E-state index in [2.05, 4.69) is 29.5 Å². The second-order valence-corrected chi connectivity index (χ2v) is 9.02. The van der Waals surface area contributed by atoms with Gasteiger partial charge in [-0.3, -0.25) is 9.79 Å². The van der Waals surface area contributed by atoms with Crippen LogP contribution in [-0.4, -0.2) is 42.8 Å². The van der Waals surface area contributed by atoms with Crippen LogP contribution in [0.3, 0.4) is 0 Å². The summed E-state index contributed by atoms with van der Waals surface area (Å²) in [6.07, 6.45) is 11.1. The molecule has 1 aromatic heterocycles. The number of rotatable bonds is 7. The number of piperidine rings is 1. The molecule has 0 saturated carbocycles. The van der Waals surface area contributed by atoms with E-state index in [1.54, 1.807) is 11.0 Å². The molecule has 1 atom stereocenters. The van der Waals surface area contributed by atoms with E-state index in [-0.39, 0.29) is 17.9 Å². The van der Waals surface area contributed by atoms with E-state index in [9.17, 15) is 14.9 Å². The third-order valence-electron chi connectivity index (χ3n) is 5.57. The Hall–Kier alpha value is -3.18. The second-order valence-electron chi connectivity index (χ2n) is 7.91. The molecule has 0 spiro atoms. The zero-order valence-corrected chi connectivity index (χ0v) is 19.0. The lowest BCUT2D eigenvalue weighted by atomic mass is 9.88. The van der Waals surface area contributed by atoms with E-state index >= 15 is 0 Å². The molecule has 2 aliphatic rings. The monoisotopic (exact) mass is 452 g/mol. The summed E-state index contributed by atoms with van der Waals surface area (Å²) < 4.78 is 5.57. The maximum Gasteiger partial charge on any atom is 0.409 e. The first-order valence-corrected chi connectivity index (χ1v) is 11.6. The van der Waals surface area contributed by atoms with Crippen LogP contribution in [0.1, 0.15) is 41.7 Å². The van der Waals surface area contributed by atoms with Gasteiger partial charge in [0.1, 0.15) is 11.1 Å². The fourth-order valence-corrected chi connectivity index (χ4v) is 5.20. The number of ether oxygens (including phenoxy) is 1. The smallest absolute Gasteiger partial charge is 0.409 e. The number of hydrogen-bond donors (Lipinski definition) is 1. The molecular weight excluding hydrogens is 424 g/mol. The predicted octanol–water partition coefficient (Wildman–Crippen LogP) is 4.61. The SMILES string of the molecule is C=CN=CC(=C)/C=C/C(=O)Nc1sc2c(c1C#N)CCC(COC(=O)N1CCCCC1)C2. The van der Waals surface area contributed by atoms with Gasteiger partial charge < -0.3 is 15.0 Å². The molecule has 1 N–H and O–H groups in total. The molecule has 32 heavy (non-hydrogen) atoms. The number of allylic oxidation sites excluding steroid dienone is 2. The minimum atomic E-state index is -0.333. The van der Waals surface area contributed by atoms with Gasteiger partial charge in [-0.2, -0.15) is 5.26 Å². The van der Waals surface area contributed by atoms with Gasteiger partial charge in [-0.05, 0) is 61.7 Å². The van der Waals surface area contributed by atoms with Crippen LogP contribution in [0.4, 0.5) is 9.80 Å². The standard InChI is InChI=1S/C24H28N4O3S/c1-3-26-15-17(2)7-10-22(29)27-23-20(14-25)19-9-8-18(13-21(19)32-23)16-31-24(30)28-11-5-4-6-12-28/h3,7,10,15,18H,1-2,4-6,8-9,11-13,16H2,(H,27,29)/b10-7+,26-15?. The van der Waals surface area contributed by atoms with Gasteiger partial charge in [-0.15, -0.1) is 11.3 Å². The summed E-state index contributed by atoms with van der Waals surface area (Å²) in [7, 11) is 0. The van der Waals surface area contributed by atoms with E-state index in [0.29, 0.717) is 22.7 Å². The molecule has 168 valence electrons. The first-order chi connectivity index (χ1) is 15.5. The maximum absolute atomic E-state index is 12.3. The van der Waals surface area contributed by atoms with Crippen molar-refractivity contribution in [1.29, 1.82) is 5.26 Å². The van der Waals surface area contributed by atoms with Crippen molar-refractivity contribution in [2.45, 2.75) is 38.5 Å². The lowest BCUT2D eigenvalue weighted by Gasteiger charge is -2.27. The summed E-state index contributed by atoms with van der Waals surface area (Å²) in [6, 6.07) is 2.24. The fourth-order valence-electron chi connectivity index (χ4n) is 3.89. The largest absolute Gasteiger partial charge is 0.449 e. The molecule has 1 saturated heterocycles. The molecule has 2 amide bonds. The number of fused-ring (bicyclic) bond motifs is 1. The van der Waals surface area contributed by atoms with Crippen LogP contribution in [0.5, 0.6) is 0 Å². The van der Waals surface area contributed by atoms with Gasteiger partial charge in [-0.1, -0.05) is 13.2 Å². The quantitative estimate of drug-likeness (QED) is 0.371. The third-order valence-corrected chi connectivity index (χ3v) is 6.74. The van der Waals surface area contributed by atoms with Crippen molar-refractivity contribution >= 4 is 34.6 Å². The van der Waals surface area contributed by atoms with Gasteiger partial charge in [-0.25, -0.2) is 4.79 Å². The van der Waals surface area contributed by atoms with Crippen LogP contribution < -0.4 is 5.32 Å². The van der Waals surface area contributed by atoms with Crippen molar-refractivity contribution in [2.75, 3.05) is 25.0 Å². The maximum atomic E-state index is 12.3. The van der Waals surface area contributed by atoms with Gasteiger partial charge in [0.05, 0.1) is 12.2 Å². The summed E-state index contributed by atoms with van der Waals surface area (Å²) in [5.74, 6) is -0.113. The zero-order chi connectivity index (χ0) is 22.9. The molecule has 1 aliphatic heterocycles. The van der Waals surface area contributed by atoms with E-state index in [0.717, 1.165) is 55.6 Å². The van der Waals surface area contributed by atoms with Crippen LogP contribution in [0.2, 0.25) is 0 Å². The average Bonchev–Trinajstić information content (AvgIpc) is 3.16. The van der Waals surface area contributed by atoms with Crippen molar-refractivity contribution in [3.05, 3.63) is 53.1 Å². The van der Waals surface area contributed by atoms with E-state index < -0.39 is 0 Å². The molecule has 1 fully saturated rings. The number of likely N-dealkylation sites (tertiary alicyclic amines) is 1. The molecule has 0 radical (unpaired) electrons. The highest BCUT2D eigenvalue weighted by atomic mass is 32.1. The zero-order valence-electron chi connectivity index (χ0n) is 18.1. The van der Waals surface area contributed by atoms with E-state index in [4.69, 9.17) is 4.74 Å². The summed E-state index contributed by atoms with van der Waals surface area (Å²) in [5.41, 5.74) is 2.09.